The average Bonchev–Trinajstić information content (AvgIpc) is 2.97. The molecule has 3 heterocycles. The number of nitrogens with zero attached hydrogens (tertiary/aromatic N) is 4. The van der Waals surface area contributed by atoms with Crippen molar-refractivity contribution in [1.29, 1.82) is 0 Å². The van der Waals surface area contributed by atoms with Gasteiger partial charge in [-0.2, -0.15) is 8.99 Å². The highest BCUT2D eigenvalue weighted by molar-refractivity contribution is 7.89. The second kappa shape index (κ2) is 6.60. The molecule has 0 aromatic carbocycles. The Morgan fingerprint density at radius 3 is 2.56 bits per heavy atom. The van der Waals surface area contributed by atoms with Gasteiger partial charge in [0.2, 0.25) is 10.0 Å². The predicted molar refractivity (Wildman–Crippen MR) is 88.8 cm³/mol. The highest BCUT2D eigenvalue weighted by Gasteiger charge is 2.27. The molecule has 0 saturated carbocycles. The first-order chi connectivity index (χ1) is 11.9. The van der Waals surface area contributed by atoms with Crippen LogP contribution >= 0.6 is 0 Å². The zero-order valence-electron chi connectivity index (χ0n) is 14.1. The number of carbonyl (C=O) groups is 1. The molecule has 0 spiro atoms. The van der Waals surface area contributed by atoms with Crippen LogP contribution in [0.15, 0.2) is 28.0 Å². The smallest absolute Gasteiger partial charge is 0.351 e. The Balaban J connectivity index is 2.04. The van der Waals surface area contributed by atoms with E-state index in [1.807, 2.05) is 0 Å². The molecule has 3 rings (SSSR count). The number of ether oxygens (including phenoxy) is 1. The molecule has 1 saturated heterocycles. The second-order valence-corrected chi connectivity index (χ2v) is 7.92. The highest BCUT2D eigenvalue weighted by Crippen LogP contribution is 2.20. The van der Waals surface area contributed by atoms with Gasteiger partial charge in [-0.15, -0.1) is 5.10 Å². The third-order valence-electron chi connectivity index (χ3n) is 4.37. The van der Waals surface area contributed by atoms with Gasteiger partial charge in [-0.1, -0.05) is 6.42 Å². The molecule has 1 unspecified atom stereocenters. The SMILES string of the molecule is COC(=O)C(C)n1nc2ccc(S(=O)(=O)N3CCCCC3)cn2c1=O. The van der Waals surface area contributed by atoms with Crippen LogP contribution in [0.1, 0.15) is 32.2 Å². The second-order valence-electron chi connectivity index (χ2n) is 5.98. The van der Waals surface area contributed by atoms with Crippen LogP contribution in [0.5, 0.6) is 0 Å². The minimum atomic E-state index is -3.66. The van der Waals surface area contributed by atoms with Gasteiger partial charge in [0, 0.05) is 19.3 Å². The number of esters is 1. The van der Waals surface area contributed by atoms with Gasteiger partial charge in [0.15, 0.2) is 11.7 Å². The van der Waals surface area contributed by atoms with Crippen LogP contribution in [-0.2, 0) is 19.6 Å². The van der Waals surface area contributed by atoms with Gasteiger partial charge >= 0.3 is 11.7 Å². The van der Waals surface area contributed by atoms with Crippen LogP contribution in [0.2, 0.25) is 0 Å². The largest absolute Gasteiger partial charge is 0.467 e. The quantitative estimate of drug-likeness (QED) is 0.724. The van der Waals surface area contributed by atoms with Gasteiger partial charge in [-0.05, 0) is 31.9 Å². The lowest BCUT2D eigenvalue weighted by Crippen LogP contribution is -2.36. The molecule has 9 nitrogen and oxygen atoms in total. The van der Waals surface area contributed by atoms with E-state index in [9.17, 15) is 18.0 Å². The summed E-state index contributed by atoms with van der Waals surface area (Å²) >= 11 is 0. The summed E-state index contributed by atoms with van der Waals surface area (Å²) in [5.74, 6) is -0.605. The van der Waals surface area contributed by atoms with Crippen LogP contribution in [0.3, 0.4) is 0 Å². The topological polar surface area (TPSA) is 103 Å². The molecule has 1 aliphatic rings. The van der Waals surface area contributed by atoms with Crippen molar-refractivity contribution in [2.45, 2.75) is 37.1 Å². The molecular formula is C15H20N4O5S. The molecule has 10 heteroatoms. The Kier molecular flexibility index (Phi) is 4.65. The van der Waals surface area contributed by atoms with Gasteiger partial charge in [0.1, 0.15) is 0 Å². The van der Waals surface area contributed by atoms with E-state index in [1.54, 1.807) is 0 Å². The van der Waals surface area contributed by atoms with Crippen molar-refractivity contribution in [3.05, 3.63) is 28.8 Å². The van der Waals surface area contributed by atoms with Crippen LogP contribution in [0, 0.1) is 0 Å². The van der Waals surface area contributed by atoms with E-state index in [0.717, 1.165) is 28.3 Å². The molecule has 0 aliphatic carbocycles. The van der Waals surface area contributed by atoms with Crippen molar-refractivity contribution in [1.82, 2.24) is 18.5 Å². The number of hydrogen-bond acceptors (Lipinski definition) is 6. The zero-order valence-corrected chi connectivity index (χ0v) is 14.9. The molecule has 25 heavy (non-hydrogen) atoms. The van der Waals surface area contributed by atoms with Gasteiger partial charge in [-0.25, -0.2) is 22.4 Å². The Hall–Kier alpha value is -2.20. The number of fused-ring (bicyclic) bond motifs is 1. The molecule has 1 fully saturated rings. The summed E-state index contributed by atoms with van der Waals surface area (Å²) in [6.07, 6.45) is 3.93. The zero-order chi connectivity index (χ0) is 18.2. The van der Waals surface area contributed by atoms with E-state index in [4.69, 9.17) is 0 Å². The summed E-state index contributed by atoms with van der Waals surface area (Å²) in [6.45, 7) is 2.45. The molecule has 0 N–H and O–H groups in total. The van der Waals surface area contributed by atoms with E-state index in [-0.39, 0.29) is 10.5 Å². The van der Waals surface area contributed by atoms with Crippen LogP contribution in [-0.4, -0.2) is 53.1 Å². The Bertz CT molecular complexity index is 956. The summed E-state index contributed by atoms with van der Waals surface area (Å²) in [5.41, 5.74) is -0.332. The van der Waals surface area contributed by atoms with Gasteiger partial charge < -0.3 is 4.74 Å². The maximum atomic E-state index is 12.7. The Morgan fingerprint density at radius 1 is 1.24 bits per heavy atom. The van der Waals surface area contributed by atoms with Crippen molar-refractivity contribution in [2.24, 2.45) is 0 Å². The minimum absolute atomic E-state index is 0.0364. The summed E-state index contributed by atoms with van der Waals surface area (Å²) < 4.78 is 33.7. The summed E-state index contributed by atoms with van der Waals surface area (Å²) in [7, 11) is -2.43. The van der Waals surface area contributed by atoms with Crippen LogP contribution in [0.25, 0.3) is 5.65 Å². The van der Waals surface area contributed by atoms with Gasteiger partial charge in [-0.3, -0.25) is 0 Å². The predicted octanol–water partition coefficient (Wildman–Crippen LogP) is 0.405. The fraction of sp³-hybridized carbons (Fsp3) is 0.533. The monoisotopic (exact) mass is 368 g/mol. The summed E-state index contributed by atoms with van der Waals surface area (Å²) in [4.78, 5) is 24.2. The first kappa shape index (κ1) is 17.6. The molecule has 1 atom stereocenters. The number of pyridine rings is 1. The first-order valence-corrected chi connectivity index (χ1v) is 9.49. The van der Waals surface area contributed by atoms with Crippen LogP contribution < -0.4 is 5.69 Å². The fourth-order valence-corrected chi connectivity index (χ4v) is 4.42. The normalized spacial score (nSPS) is 17.5. The molecule has 0 amide bonds. The summed E-state index contributed by atoms with van der Waals surface area (Å²) in [6, 6.07) is 1.98. The van der Waals surface area contributed by atoms with Crippen molar-refractivity contribution >= 4 is 21.6 Å². The van der Waals surface area contributed by atoms with E-state index >= 15 is 0 Å². The maximum absolute atomic E-state index is 12.7. The maximum Gasteiger partial charge on any atom is 0.351 e. The number of sulfonamides is 1. The average molecular weight is 368 g/mol. The lowest BCUT2D eigenvalue weighted by molar-refractivity contribution is -0.144. The van der Waals surface area contributed by atoms with Crippen molar-refractivity contribution in [3.63, 3.8) is 0 Å². The highest BCUT2D eigenvalue weighted by atomic mass is 32.2. The van der Waals surface area contributed by atoms with Gasteiger partial charge in [0.25, 0.3) is 0 Å². The molecule has 0 radical (unpaired) electrons. The lowest BCUT2D eigenvalue weighted by atomic mass is 10.2. The van der Waals surface area contributed by atoms with E-state index in [1.165, 1.54) is 36.7 Å². The Morgan fingerprint density at radius 2 is 1.92 bits per heavy atom. The van der Waals surface area contributed by atoms with Crippen molar-refractivity contribution in [2.75, 3.05) is 20.2 Å². The van der Waals surface area contributed by atoms with Crippen molar-refractivity contribution < 1.29 is 17.9 Å². The minimum Gasteiger partial charge on any atom is -0.467 e. The molecule has 2 aromatic rings. The Labute approximate surface area is 144 Å². The molecule has 0 bridgehead atoms. The number of methoxy groups -OCH3 is 1. The van der Waals surface area contributed by atoms with Crippen LogP contribution in [0.4, 0.5) is 0 Å². The third kappa shape index (κ3) is 3.07. The number of carbonyl (C=O) groups excluding carboxylic acids is 1. The van der Waals surface area contributed by atoms with E-state index < -0.39 is 27.7 Å². The number of piperidine rings is 1. The molecule has 2 aromatic heterocycles. The van der Waals surface area contributed by atoms with E-state index in [2.05, 4.69) is 9.84 Å². The lowest BCUT2D eigenvalue weighted by Gasteiger charge is -2.25. The number of hydrogen-bond donors (Lipinski definition) is 0. The molecular weight excluding hydrogens is 348 g/mol. The van der Waals surface area contributed by atoms with Crippen molar-refractivity contribution in [3.8, 4) is 0 Å². The van der Waals surface area contributed by atoms with E-state index in [0.29, 0.717) is 13.1 Å². The molecule has 1 aliphatic heterocycles. The third-order valence-corrected chi connectivity index (χ3v) is 6.26. The fourth-order valence-electron chi connectivity index (χ4n) is 2.90. The number of rotatable bonds is 4. The number of aromatic nitrogens is 3. The summed E-state index contributed by atoms with van der Waals surface area (Å²) in [5, 5.41) is 4.07. The van der Waals surface area contributed by atoms with Gasteiger partial charge in [0.05, 0.1) is 12.0 Å². The standard InChI is InChI=1S/C15H20N4O5S/c1-11(14(20)24-2)19-15(21)18-10-12(6-7-13(18)16-19)25(22,23)17-8-4-3-5-9-17/h6-7,10-11H,3-5,8-9H2,1-2H3. The molecule has 136 valence electrons. The first-order valence-electron chi connectivity index (χ1n) is 8.05.